The van der Waals surface area contributed by atoms with Crippen molar-refractivity contribution in [2.45, 2.75) is 43.9 Å². The topological polar surface area (TPSA) is 74.7 Å². The van der Waals surface area contributed by atoms with Crippen LogP contribution in [0.3, 0.4) is 0 Å². The highest BCUT2D eigenvalue weighted by Crippen LogP contribution is 2.60. The van der Waals surface area contributed by atoms with Crippen LogP contribution < -0.4 is 4.31 Å². The molecule has 0 aliphatic heterocycles. The molecule has 136 valence electrons. The van der Waals surface area contributed by atoms with Crippen LogP contribution in [0.25, 0.3) is 0 Å². The van der Waals surface area contributed by atoms with E-state index in [9.17, 15) is 13.2 Å². The maximum atomic E-state index is 11.9. The second-order valence-electron chi connectivity index (χ2n) is 8.41. The van der Waals surface area contributed by atoms with Crippen molar-refractivity contribution >= 4 is 21.7 Å². The first-order valence-electron chi connectivity index (χ1n) is 9.05. The van der Waals surface area contributed by atoms with Crippen molar-refractivity contribution in [3.05, 3.63) is 29.8 Å². The first-order valence-corrected chi connectivity index (χ1v) is 10.9. The Kier molecular flexibility index (Phi) is 3.87. The molecule has 4 fully saturated rings. The van der Waals surface area contributed by atoms with E-state index in [0.29, 0.717) is 5.69 Å². The number of carboxylic acids is 1. The predicted octanol–water partition coefficient (Wildman–Crippen LogP) is 3.01. The van der Waals surface area contributed by atoms with Gasteiger partial charge in [-0.3, -0.25) is 9.10 Å². The zero-order valence-corrected chi connectivity index (χ0v) is 15.3. The lowest BCUT2D eigenvalue weighted by Crippen LogP contribution is -2.48. The molecule has 0 aromatic heterocycles. The molecule has 4 bridgehead atoms. The average molecular weight is 363 g/mol. The lowest BCUT2D eigenvalue weighted by molar-refractivity contribution is -0.135. The number of rotatable bonds is 5. The lowest BCUT2D eigenvalue weighted by atomic mass is 9.48. The van der Waals surface area contributed by atoms with Crippen LogP contribution in [0.4, 0.5) is 5.69 Å². The van der Waals surface area contributed by atoms with Crippen LogP contribution >= 0.6 is 0 Å². The maximum Gasteiger partial charge on any atom is 0.324 e. The number of aliphatic carboxylic acids is 1. The Labute approximate surface area is 149 Å². The summed E-state index contributed by atoms with van der Waals surface area (Å²) in [4.78, 5) is 11.0. The number of nitrogens with zero attached hydrogens (tertiary/aromatic N) is 1. The van der Waals surface area contributed by atoms with Gasteiger partial charge in [-0.1, -0.05) is 12.1 Å². The summed E-state index contributed by atoms with van der Waals surface area (Å²) < 4.78 is 24.8. The highest BCUT2D eigenvalue weighted by atomic mass is 32.2. The van der Waals surface area contributed by atoms with Crippen LogP contribution in [-0.4, -0.2) is 32.3 Å². The SMILES string of the molecule is CS(=O)(=O)N(CC(=O)O)c1ccc(C23CC4CC(CC(C4)C2)C3)cc1. The maximum absolute atomic E-state index is 11.9. The summed E-state index contributed by atoms with van der Waals surface area (Å²) in [7, 11) is -3.62. The van der Waals surface area contributed by atoms with Crippen molar-refractivity contribution in [3.8, 4) is 0 Å². The minimum absolute atomic E-state index is 0.260. The fourth-order valence-corrected chi connectivity index (χ4v) is 6.82. The largest absolute Gasteiger partial charge is 0.480 e. The molecule has 0 atom stereocenters. The molecule has 0 amide bonds. The first kappa shape index (κ1) is 16.9. The van der Waals surface area contributed by atoms with Crippen molar-refractivity contribution in [1.29, 1.82) is 0 Å². The Morgan fingerprint density at radius 1 is 1.08 bits per heavy atom. The fraction of sp³-hybridized carbons (Fsp3) is 0.632. The van der Waals surface area contributed by atoms with E-state index in [1.165, 1.54) is 44.1 Å². The Morgan fingerprint density at radius 3 is 1.96 bits per heavy atom. The van der Waals surface area contributed by atoms with Gasteiger partial charge < -0.3 is 5.11 Å². The van der Waals surface area contributed by atoms with Crippen LogP contribution in [0, 0.1) is 17.8 Å². The molecule has 5 nitrogen and oxygen atoms in total. The van der Waals surface area contributed by atoms with Gasteiger partial charge in [0.25, 0.3) is 0 Å². The summed E-state index contributed by atoms with van der Waals surface area (Å²) in [5.74, 6) is 1.40. The molecule has 1 aromatic rings. The van der Waals surface area contributed by atoms with Gasteiger partial charge in [-0.15, -0.1) is 0 Å². The Balaban J connectivity index is 1.63. The van der Waals surface area contributed by atoms with E-state index in [2.05, 4.69) is 0 Å². The molecule has 5 rings (SSSR count). The lowest BCUT2D eigenvalue weighted by Gasteiger charge is -2.57. The third-order valence-corrected chi connectivity index (χ3v) is 7.63. The second kappa shape index (κ2) is 5.73. The van der Waals surface area contributed by atoms with Gasteiger partial charge in [-0.2, -0.15) is 0 Å². The summed E-state index contributed by atoms with van der Waals surface area (Å²) >= 11 is 0. The van der Waals surface area contributed by atoms with E-state index in [4.69, 9.17) is 5.11 Å². The number of benzene rings is 1. The van der Waals surface area contributed by atoms with E-state index < -0.39 is 22.5 Å². The van der Waals surface area contributed by atoms with E-state index in [1.54, 1.807) is 12.1 Å². The number of sulfonamides is 1. The van der Waals surface area contributed by atoms with Gasteiger partial charge in [-0.05, 0) is 79.4 Å². The van der Waals surface area contributed by atoms with Crippen molar-refractivity contribution < 1.29 is 18.3 Å². The van der Waals surface area contributed by atoms with Crippen LogP contribution in [-0.2, 0) is 20.2 Å². The van der Waals surface area contributed by atoms with Gasteiger partial charge in [0.1, 0.15) is 6.54 Å². The molecule has 0 spiro atoms. The van der Waals surface area contributed by atoms with Crippen LogP contribution in [0.2, 0.25) is 0 Å². The molecule has 0 saturated heterocycles. The van der Waals surface area contributed by atoms with Gasteiger partial charge in [0.15, 0.2) is 0 Å². The van der Waals surface area contributed by atoms with Crippen LogP contribution in [0.5, 0.6) is 0 Å². The third-order valence-electron chi connectivity index (χ3n) is 6.49. The molecule has 1 aromatic carbocycles. The molecule has 0 heterocycles. The molecule has 0 radical (unpaired) electrons. The number of hydrogen-bond acceptors (Lipinski definition) is 3. The summed E-state index contributed by atoms with van der Waals surface area (Å²) in [5, 5.41) is 9.01. The van der Waals surface area contributed by atoms with Crippen molar-refractivity contribution in [2.24, 2.45) is 17.8 Å². The minimum atomic E-state index is -3.62. The van der Waals surface area contributed by atoms with Gasteiger partial charge >= 0.3 is 5.97 Å². The normalized spacial score (nSPS) is 33.4. The number of carbonyl (C=O) groups is 1. The van der Waals surface area contributed by atoms with Crippen molar-refractivity contribution in [3.63, 3.8) is 0 Å². The molecule has 4 saturated carbocycles. The third kappa shape index (κ3) is 3.05. The van der Waals surface area contributed by atoms with E-state index >= 15 is 0 Å². The van der Waals surface area contributed by atoms with E-state index in [1.807, 2.05) is 12.1 Å². The molecule has 1 N–H and O–H groups in total. The standard InChI is InChI=1S/C19H25NO4S/c1-25(23,24)20(12-18(21)22)17-4-2-16(3-5-17)19-9-13-6-14(10-19)8-15(7-13)11-19/h2-5,13-15H,6-12H2,1H3,(H,21,22). The Morgan fingerprint density at radius 2 is 1.56 bits per heavy atom. The Bertz CT molecular complexity index is 749. The fourth-order valence-electron chi connectivity index (χ4n) is 5.97. The van der Waals surface area contributed by atoms with Crippen molar-refractivity contribution in [2.75, 3.05) is 17.1 Å². The summed E-state index contributed by atoms with van der Waals surface area (Å²) in [5.41, 5.74) is 1.99. The number of hydrogen-bond donors (Lipinski definition) is 1. The second-order valence-corrected chi connectivity index (χ2v) is 10.3. The summed E-state index contributed by atoms with van der Waals surface area (Å²) in [6, 6.07) is 7.61. The molecule has 6 heteroatoms. The molecular weight excluding hydrogens is 338 g/mol. The highest BCUT2D eigenvalue weighted by molar-refractivity contribution is 7.92. The van der Waals surface area contributed by atoms with Crippen molar-refractivity contribution in [1.82, 2.24) is 0 Å². The van der Waals surface area contributed by atoms with Crippen LogP contribution in [0.15, 0.2) is 24.3 Å². The molecular formula is C19H25NO4S. The average Bonchev–Trinajstić information content (AvgIpc) is 2.50. The molecule has 25 heavy (non-hydrogen) atoms. The number of carboxylic acid groups (broad SMARTS) is 1. The van der Waals surface area contributed by atoms with Crippen LogP contribution in [0.1, 0.15) is 44.1 Å². The number of anilines is 1. The van der Waals surface area contributed by atoms with Gasteiger partial charge in [-0.25, -0.2) is 8.42 Å². The summed E-state index contributed by atoms with van der Waals surface area (Å²) in [6.45, 7) is -0.546. The minimum Gasteiger partial charge on any atom is -0.480 e. The van der Waals surface area contributed by atoms with Gasteiger partial charge in [0.2, 0.25) is 10.0 Å². The zero-order chi connectivity index (χ0) is 17.8. The Hall–Kier alpha value is -1.56. The smallest absolute Gasteiger partial charge is 0.324 e. The quantitative estimate of drug-likeness (QED) is 0.873. The molecule has 4 aliphatic rings. The first-order chi connectivity index (χ1) is 11.7. The monoisotopic (exact) mass is 363 g/mol. The van der Waals surface area contributed by atoms with Gasteiger partial charge in [0, 0.05) is 0 Å². The highest BCUT2D eigenvalue weighted by Gasteiger charge is 2.51. The summed E-state index contributed by atoms with van der Waals surface area (Å²) in [6.07, 6.45) is 8.96. The van der Waals surface area contributed by atoms with Gasteiger partial charge in [0.05, 0.1) is 11.9 Å². The molecule has 0 unspecified atom stereocenters. The predicted molar refractivity (Wildman–Crippen MR) is 96.1 cm³/mol. The molecule has 4 aliphatic carbocycles. The van der Waals surface area contributed by atoms with E-state index in [0.717, 1.165) is 28.3 Å². The van der Waals surface area contributed by atoms with E-state index in [-0.39, 0.29) is 5.41 Å². The zero-order valence-electron chi connectivity index (χ0n) is 14.5.